The van der Waals surface area contributed by atoms with Crippen LogP contribution in [0.4, 0.5) is 0 Å². The van der Waals surface area contributed by atoms with Gasteiger partial charge in [0.25, 0.3) is 5.91 Å². The van der Waals surface area contributed by atoms with E-state index in [9.17, 15) is 4.79 Å². The van der Waals surface area contributed by atoms with E-state index in [1.165, 1.54) is 11.1 Å². The van der Waals surface area contributed by atoms with Gasteiger partial charge in [0.1, 0.15) is 0 Å². The van der Waals surface area contributed by atoms with Crippen molar-refractivity contribution < 1.29 is 4.79 Å². The average molecular weight is 293 g/mol. The fraction of sp³-hybridized carbons (Fsp3) is 0.588. The number of rotatable bonds is 3. The number of carbonyl (C=O) groups excluding carboxylic acids is 1. The number of hydrogen-bond acceptors (Lipinski definition) is 2. The molecule has 0 unspecified atom stereocenters. The van der Waals surface area contributed by atoms with Crippen LogP contribution in [-0.2, 0) is 10.8 Å². The van der Waals surface area contributed by atoms with Gasteiger partial charge in [-0.2, -0.15) is 12.6 Å². The minimum Gasteiger partial charge on any atom is -0.351 e. The molecule has 0 aromatic heterocycles. The molecule has 0 atom stereocenters. The first-order chi connectivity index (χ1) is 9.05. The van der Waals surface area contributed by atoms with E-state index in [-0.39, 0.29) is 16.7 Å². The van der Waals surface area contributed by atoms with Crippen LogP contribution in [0, 0.1) is 0 Å². The first kappa shape index (κ1) is 17.1. The van der Waals surface area contributed by atoms with Gasteiger partial charge >= 0.3 is 0 Å². The van der Waals surface area contributed by atoms with Crippen molar-refractivity contribution in [2.75, 3.05) is 12.3 Å². The van der Waals surface area contributed by atoms with E-state index in [1.54, 1.807) is 0 Å². The van der Waals surface area contributed by atoms with E-state index in [4.69, 9.17) is 0 Å². The predicted octanol–water partition coefficient (Wildman–Crippen LogP) is 3.94. The summed E-state index contributed by atoms with van der Waals surface area (Å²) in [5.41, 5.74) is 3.19. The topological polar surface area (TPSA) is 29.1 Å². The lowest BCUT2D eigenvalue weighted by molar-refractivity contribution is 0.0956. The molecular formula is C17H27NOS. The normalized spacial score (nSPS) is 12.3. The van der Waals surface area contributed by atoms with Gasteiger partial charge in [-0.25, -0.2) is 0 Å². The molecule has 1 aromatic rings. The van der Waals surface area contributed by atoms with Gasteiger partial charge in [-0.05, 0) is 34.1 Å². The van der Waals surface area contributed by atoms with Crippen molar-refractivity contribution in [2.24, 2.45) is 0 Å². The van der Waals surface area contributed by atoms with E-state index in [0.717, 1.165) is 5.56 Å². The third-order valence-electron chi connectivity index (χ3n) is 3.32. The number of hydrogen-bond donors (Lipinski definition) is 2. The minimum atomic E-state index is -0.0179. The average Bonchev–Trinajstić information content (AvgIpc) is 2.33. The molecule has 0 aliphatic carbocycles. The highest BCUT2D eigenvalue weighted by Gasteiger charge is 2.22. The molecule has 0 radical (unpaired) electrons. The molecule has 112 valence electrons. The van der Waals surface area contributed by atoms with E-state index in [2.05, 4.69) is 65.6 Å². The third-order valence-corrected chi connectivity index (χ3v) is 3.55. The number of benzene rings is 1. The summed E-state index contributed by atoms with van der Waals surface area (Å²) in [4.78, 5) is 12.2. The van der Waals surface area contributed by atoms with Crippen molar-refractivity contribution >= 4 is 18.5 Å². The lowest BCUT2D eigenvalue weighted by Gasteiger charge is -2.26. The van der Waals surface area contributed by atoms with Crippen LogP contribution in [0.5, 0.6) is 0 Å². The van der Waals surface area contributed by atoms with Gasteiger partial charge in [0.15, 0.2) is 0 Å². The molecule has 0 fully saturated rings. The van der Waals surface area contributed by atoms with Crippen LogP contribution in [0.25, 0.3) is 0 Å². The number of carbonyl (C=O) groups is 1. The van der Waals surface area contributed by atoms with Gasteiger partial charge in [0, 0.05) is 17.9 Å². The monoisotopic (exact) mass is 293 g/mol. The predicted molar refractivity (Wildman–Crippen MR) is 90.0 cm³/mol. The Balaban J connectivity index is 3.27. The Morgan fingerprint density at radius 2 is 1.45 bits per heavy atom. The van der Waals surface area contributed by atoms with Gasteiger partial charge < -0.3 is 5.32 Å². The Kier molecular flexibility index (Phi) is 5.31. The second kappa shape index (κ2) is 6.21. The molecule has 1 amide bonds. The van der Waals surface area contributed by atoms with E-state index in [1.807, 2.05) is 12.1 Å². The van der Waals surface area contributed by atoms with Crippen LogP contribution in [0.2, 0.25) is 0 Å². The van der Waals surface area contributed by atoms with Crippen molar-refractivity contribution in [3.63, 3.8) is 0 Å². The molecule has 1 rings (SSSR count). The molecule has 1 aromatic carbocycles. The summed E-state index contributed by atoms with van der Waals surface area (Å²) in [6, 6.07) is 6.22. The molecule has 0 bridgehead atoms. The van der Waals surface area contributed by atoms with Crippen molar-refractivity contribution in [1.29, 1.82) is 0 Å². The maximum Gasteiger partial charge on any atom is 0.251 e. The smallest absolute Gasteiger partial charge is 0.251 e. The van der Waals surface area contributed by atoms with Crippen LogP contribution in [-0.4, -0.2) is 18.2 Å². The summed E-state index contributed by atoms with van der Waals surface area (Å²) in [5.74, 6) is 0.632. The summed E-state index contributed by atoms with van der Waals surface area (Å²) in [7, 11) is 0. The number of amides is 1. The SMILES string of the molecule is CC(C)(C)c1cc(C(=O)NCCS)cc(C(C)(C)C)c1. The summed E-state index contributed by atoms with van der Waals surface area (Å²) >= 11 is 4.13. The number of thiol groups is 1. The summed E-state index contributed by atoms with van der Waals surface area (Å²) < 4.78 is 0. The molecule has 2 nitrogen and oxygen atoms in total. The highest BCUT2D eigenvalue weighted by Crippen LogP contribution is 2.30. The van der Waals surface area contributed by atoms with Gasteiger partial charge in [-0.15, -0.1) is 0 Å². The first-order valence-electron chi connectivity index (χ1n) is 7.11. The van der Waals surface area contributed by atoms with Crippen LogP contribution in [0.1, 0.15) is 63.0 Å². The molecule has 0 spiro atoms. The lowest BCUT2D eigenvalue weighted by Crippen LogP contribution is -2.27. The van der Waals surface area contributed by atoms with Crippen LogP contribution in [0.3, 0.4) is 0 Å². The fourth-order valence-corrected chi connectivity index (χ4v) is 2.01. The standard InChI is InChI=1S/C17H27NOS/c1-16(2,3)13-9-12(15(19)18-7-8-20)10-14(11-13)17(4,5)6/h9-11,20H,7-8H2,1-6H3,(H,18,19). The van der Waals surface area contributed by atoms with Crippen LogP contribution < -0.4 is 5.32 Å². The Labute approximate surface area is 128 Å². The van der Waals surface area contributed by atoms with Gasteiger partial charge in [-0.1, -0.05) is 47.6 Å². The van der Waals surface area contributed by atoms with E-state index in [0.29, 0.717) is 12.3 Å². The lowest BCUT2D eigenvalue weighted by atomic mass is 9.79. The molecule has 20 heavy (non-hydrogen) atoms. The molecule has 0 heterocycles. The quantitative estimate of drug-likeness (QED) is 0.812. The fourth-order valence-electron chi connectivity index (χ4n) is 1.90. The second-order valence-corrected chi connectivity index (χ2v) is 7.73. The van der Waals surface area contributed by atoms with E-state index < -0.39 is 0 Å². The Bertz CT molecular complexity index is 448. The molecule has 0 saturated heterocycles. The molecule has 0 aliphatic rings. The highest BCUT2D eigenvalue weighted by molar-refractivity contribution is 7.80. The summed E-state index contributed by atoms with van der Waals surface area (Å²) in [6.45, 7) is 13.6. The number of nitrogens with one attached hydrogen (secondary N) is 1. The van der Waals surface area contributed by atoms with Gasteiger partial charge in [-0.3, -0.25) is 4.79 Å². The molecule has 3 heteroatoms. The third kappa shape index (κ3) is 4.55. The Morgan fingerprint density at radius 3 is 1.80 bits per heavy atom. The molecule has 0 aliphatic heterocycles. The maximum atomic E-state index is 12.2. The van der Waals surface area contributed by atoms with Gasteiger partial charge in [0.05, 0.1) is 0 Å². The van der Waals surface area contributed by atoms with Crippen molar-refractivity contribution in [3.8, 4) is 0 Å². The minimum absolute atomic E-state index is 0.0179. The summed E-state index contributed by atoms with van der Waals surface area (Å²) in [5, 5.41) is 2.89. The van der Waals surface area contributed by atoms with Gasteiger partial charge in [0.2, 0.25) is 0 Å². The van der Waals surface area contributed by atoms with E-state index >= 15 is 0 Å². The molecule has 0 saturated carbocycles. The van der Waals surface area contributed by atoms with Crippen LogP contribution in [0.15, 0.2) is 18.2 Å². The second-order valence-electron chi connectivity index (χ2n) is 7.28. The van der Waals surface area contributed by atoms with Crippen molar-refractivity contribution in [1.82, 2.24) is 5.32 Å². The Morgan fingerprint density at radius 1 is 1.00 bits per heavy atom. The Hall–Kier alpha value is -0.960. The zero-order valence-corrected chi connectivity index (χ0v) is 14.4. The molecular weight excluding hydrogens is 266 g/mol. The molecule has 1 N–H and O–H groups in total. The largest absolute Gasteiger partial charge is 0.351 e. The zero-order chi connectivity index (χ0) is 15.6. The van der Waals surface area contributed by atoms with Crippen molar-refractivity contribution in [3.05, 3.63) is 34.9 Å². The maximum absolute atomic E-state index is 12.2. The van der Waals surface area contributed by atoms with Crippen molar-refractivity contribution in [2.45, 2.75) is 52.4 Å². The van der Waals surface area contributed by atoms with Crippen LogP contribution >= 0.6 is 12.6 Å². The first-order valence-corrected chi connectivity index (χ1v) is 7.74. The summed E-state index contributed by atoms with van der Waals surface area (Å²) in [6.07, 6.45) is 0. The highest BCUT2D eigenvalue weighted by atomic mass is 32.1. The zero-order valence-electron chi connectivity index (χ0n) is 13.5.